The van der Waals surface area contributed by atoms with Gasteiger partial charge in [-0.05, 0) is 48.8 Å². The number of rotatable bonds is 3. The van der Waals surface area contributed by atoms with Gasteiger partial charge in [0.1, 0.15) is 6.10 Å². The molecule has 0 amide bonds. The largest absolute Gasteiger partial charge is 0.458 e. The molecule has 1 aromatic rings. The normalized spacial score (nSPS) is 25.9. The molecule has 2 N–H and O–H groups in total. The number of halogens is 1. The molecule has 0 saturated heterocycles. The minimum Gasteiger partial charge on any atom is -0.458 e. The van der Waals surface area contributed by atoms with E-state index in [4.69, 9.17) is 22.1 Å². The summed E-state index contributed by atoms with van der Waals surface area (Å²) in [7, 11) is 0. The molecule has 0 heterocycles. The van der Waals surface area contributed by atoms with Gasteiger partial charge in [-0.25, -0.2) is 4.79 Å². The number of esters is 1. The van der Waals surface area contributed by atoms with Crippen molar-refractivity contribution in [1.29, 1.82) is 0 Å². The van der Waals surface area contributed by atoms with Crippen molar-refractivity contribution < 1.29 is 9.53 Å². The topological polar surface area (TPSA) is 52.3 Å². The van der Waals surface area contributed by atoms with Crippen LogP contribution in [0, 0.1) is 17.8 Å². The predicted octanol–water partition coefficient (Wildman–Crippen LogP) is 4.54. The summed E-state index contributed by atoms with van der Waals surface area (Å²) in [4.78, 5) is 12.4. The van der Waals surface area contributed by atoms with E-state index in [1.54, 1.807) is 18.2 Å². The van der Waals surface area contributed by atoms with Gasteiger partial charge in [-0.1, -0.05) is 38.8 Å². The molecular formula is C17H24ClNO2. The molecule has 3 unspecified atom stereocenters. The van der Waals surface area contributed by atoms with Gasteiger partial charge >= 0.3 is 5.97 Å². The van der Waals surface area contributed by atoms with Crippen molar-refractivity contribution >= 4 is 23.3 Å². The number of hydrogen-bond acceptors (Lipinski definition) is 3. The van der Waals surface area contributed by atoms with Crippen molar-refractivity contribution in [2.24, 2.45) is 17.8 Å². The number of carbonyl (C=O) groups excluding carboxylic acids is 1. The Bertz CT molecular complexity index is 516. The summed E-state index contributed by atoms with van der Waals surface area (Å²) in [5.74, 6) is 1.16. The molecule has 0 radical (unpaired) electrons. The van der Waals surface area contributed by atoms with Crippen LogP contribution < -0.4 is 5.73 Å². The molecule has 0 spiro atoms. The molecule has 1 aliphatic carbocycles. The van der Waals surface area contributed by atoms with Gasteiger partial charge in [0.2, 0.25) is 0 Å². The van der Waals surface area contributed by atoms with Gasteiger partial charge in [0, 0.05) is 10.7 Å². The number of nitrogens with two attached hydrogens (primary N) is 1. The number of carbonyl (C=O) groups is 1. The van der Waals surface area contributed by atoms with E-state index in [-0.39, 0.29) is 12.1 Å². The first-order valence-corrected chi connectivity index (χ1v) is 8.02. The molecule has 0 bridgehead atoms. The van der Waals surface area contributed by atoms with Crippen molar-refractivity contribution in [2.75, 3.05) is 5.73 Å². The highest BCUT2D eigenvalue weighted by Gasteiger charge is 2.33. The molecular weight excluding hydrogens is 286 g/mol. The summed E-state index contributed by atoms with van der Waals surface area (Å²) < 4.78 is 5.78. The summed E-state index contributed by atoms with van der Waals surface area (Å²) in [6.45, 7) is 6.59. The molecule has 0 aromatic heterocycles. The van der Waals surface area contributed by atoms with Crippen LogP contribution in [0.2, 0.25) is 5.02 Å². The van der Waals surface area contributed by atoms with Crippen molar-refractivity contribution in [3.05, 3.63) is 28.8 Å². The van der Waals surface area contributed by atoms with Crippen molar-refractivity contribution in [2.45, 2.75) is 46.1 Å². The quantitative estimate of drug-likeness (QED) is 0.658. The third-order valence-electron chi connectivity index (χ3n) is 4.45. The van der Waals surface area contributed by atoms with E-state index < -0.39 is 0 Å². The Morgan fingerprint density at radius 1 is 1.38 bits per heavy atom. The standard InChI is InChI=1S/C17H24ClNO2/c1-10(2)13-6-4-11(3)8-16(13)21-17(20)14-9-12(18)5-7-15(14)19/h5,7,9-11,13,16H,4,6,8,19H2,1-3H3. The molecule has 3 atom stereocenters. The summed E-state index contributed by atoms with van der Waals surface area (Å²) in [6.07, 6.45) is 3.22. The van der Waals surface area contributed by atoms with Crippen LogP contribution in [-0.4, -0.2) is 12.1 Å². The van der Waals surface area contributed by atoms with E-state index in [2.05, 4.69) is 20.8 Å². The SMILES string of the molecule is CC1CCC(C(C)C)C(OC(=O)c2cc(Cl)ccc2N)C1. The van der Waals surface area contributed by atoms with Gasteiger partial charge in [0.05, 0.1) is 5.56 Å². The maximum atomic E-state index is 12.4. The van der Waals surface area contributed by atoms with Gasteiger partial charge in [-0.2, -0.15) is 0 Å². The fourth-order valence-corrected chi connectivity index (χ4v) is 3.33. The number of benzene rings is 1. The number of ether oxygens (including phenoxy) is 1. The second-order valence-corrected chi connectivity index (χ2v) is 6.94. The number of anilines is 1. The van der Waals surface area contributed by atoms with Gasteiger partial charge in [0.15, 0.2) is 0 Å². The minimum atomic E-state index is -0.361. The van der Waals surface area contributed by atoms with Crippen molar-refractivity contribution in [1.82, 2.24) is 0 Å². The molecule has 3 nitrogen and oxygen atoms in total. The molecule has 1 saturated carbocycles. The van der Waals surface area contributed by atoms with Crippen LogP contribution in [0.25, 0.3) is 0 Å². The monoisotopic (exact) mass is 309 g/mol. The molecule has 1 aliphatic rings. The highest BCUT2D eigenvalue weighted by atomic mass is 35.5. The first-order valence-electron chi connectivity index (χ1n) is 7.64. The van der Waals surface area contributed by atoms with Gasteiger partial charge < -0.3 is 10.5 Å². The second-order valence-electron chi connectivity index (χ2n) is 6.50. The average molecular weight is 310 g/mol. The van der Waals surface area contributed by atoms with Crippen LogP contribution in [0.5, 0.6) is 0 Å². The Labute approximate surface area is 131 Å². The van der Waals surface area contributed by atoms with E-state index in [9.17, 15) is 4.79 Å². The smallest absolute Gasteiger partial charge is 0.340 e. The van der Waals surface area contributed by atoms with Crippen LogP contribution >= 0.6 is 11.6 Å². The zero-order valence-electron chi connectivity index (χ0n) is 12.9. The zero-order chi connectivity index (χ0) is 15.6. The van der Waals surface area contributed by atoms with Crippen LogP contribution in [0.4, 0.5) is 5.69 Å². The lowest BCUT2D eigenvalue weighted by molar-refractivity contribution is -0.0173. The Hall–Kier alpha value is -1.22. The lowest BCUT2D eigenvalue weighted by Crippen LogP contribution is -2.36. The third kappa shape index (κ3) is 3.91. The molecule has 4 heteroatoms. The first-order chi connectivity index (χ1) is 9.88. The Morgan fingerprint density at radius 3 is 2.76 bits per heavy atom. The average Bonchev–Trinajstić information content (AvgIpc) is 2.41. The van der Waals surface area contributed by atoms with Gasteiger partial charge in [-0.3, -0.25) is 0 Å². The molecule has 21 heavy (non-hydrogen) atoms. The van der Waals surface area contributed by atoms with E-state index in [1.807, 2.05) is 0 Å². The van der Waals surface area contributed by atoms with Crippen LogP contribution in [0.3, 0.4) is 0 Å². The zero-order valence-corrected chi connectivity index (χ0v) is 13.7. The fraction of sp³-hybridized carbons (Fsp3) is 0.588. The highest BCUT2D eigenvalue weighted by molar-refractivity contribution is 6.31. The van der Waals surface area contributed by atoms with E-state index >= 15 is 0 Å². The van der Waals surface area contributed by atoms with Gasteiger partial charge in [-0.15, -0.1) is 0 Å². The van der Waals surface area contributed by atoms with Crippen LogP contribution in [0.1, 0.15) is 50.4 Å². The first kappa shape index (κ1) is 16.2. The lowest BCUT2D eigenvalue weighted by Gasteiger charge is -2.36. The Morgan fingerprint density at radius 2 is 2.10 bits per heavy atom. The number of nitrogen functional groups attached to an aromatic ring is 1. The van der Waals surface area contributed by atoms with Crippen LogP contribution in [-0.2, 0) is 4.74 Å². The highest BCUT2D eigenvalue weighted by Crippen LogP contribution is 2.36. The van der Waals surface area contributed by atoms with Crippen LogP contribution in [0.15, 0.2) is 18.2 Å². The fourth-order valence-electron chi connectivity index (χ4n) is 3.16. The summed E-state index contributed by atoms with van der Waals surface area (Å²) in [5, 5.41) is 0.494. The molecule has 1 aromatic carbocycles. The van der Waals surface area contributed by atoms with Gasteiger partial charge in [0.25, 0.3) is 0 Å². The molecule has 1 fully saturated rings. The van der Waals surface area contributed by atoms with Crippen molar-refractivity contribution in [3.63, 3.8) is 0 Å². The minimum absolute atomic E-state index is 0.0281. The van der Waals surface area contributed by atoms with Crippen molar-refractivity contribution in [3.8, 4) is 0 Å². The van der Waals surface area contributed by atoms with E-state index in [0.717, 1.165) is 12.8 Å². The summed E-state index contributed by atoms with van der Waals surface area (Å²) >= 11 is 5.94. The molecule has 2 rings (SSSR count). The molecule has 0 aliphatic heterocycles. The molecule has 116 valence electrons. The Balaban J connectivity index is 2.14. The summed E-state index contributed by atoms with van der Waals surface area (Å²) in [6, 6.07) is 4.89. The summed E-state index contributed by atoms with van der Waals surface area (Å²) in [5.41, 5.74) is 6.63. The maximum Gasteiger partial charge on any atom is 0.340 e. The lowest BCUT2D eigenvalue weighted by atomic mass is 9.75. The second kappa shape index (κ2) is 6.69. The van der Waals surface area contributed by atoms with E-state index in [0.29, 0.717) is 34.0 Å². The number of hydrogen-bond donors (Lipinski definition) is 1. The van der Waals surface area contributed by atoms with E-state index in [1.165, 1.54) is 6.42 Å². The third-order valence-corrected chi connectivity index (χ3v) is 4.69. The predicted molar refractivity (Wildman–Crippen MR) is 86.4 cm³/mol. The Kier molecular flexibility index (Phi) is 5.15. The maximum absolute atomic E-state index is 12.4.